The van der Waals surface area contributed by atoms with Crippen molar-refractivity contribution in [2.75, 3.05) is 12.8 Å². The lowest BCUT2D eigenvalue weighted by Gasteiger charge is -2.13. The fourth-order valence-corrected chi connectivity index (χ4v) is 2.76. The number of anilines is 1. The van der Waals surface area contributed by atoms with Gasteiger partial charge < -0.3 is 15.0 Å². The molecule has 5 heteroatoms. The summed E-state index contributed by atoms with van der Waals surface area (Å²) in [6, 6.07) is 5.89. The van der Waals surface area contributed by atoms with Crippen molar-refractivity contribution < 1.29 is 4.74 Å². The molecule has 0 radical (unpaired) electrons. The quantitative estimate of drug-likeness (QED) is 0.786. The van der Waals surface area contributed by atoms with Gasteiger partial charge in [-0.15, -0.1) is 0 Å². The van der Waals surface area contributed by atoms with Crippen LogP contribution in [0.15, 0.2) is 36.9 Å². The van der Waals surface area contributed by atoms with E-state index >= 15 is 0 Å². The summed E-state index contributed by atoms with van der Waals surface area (Å²) >= 11 is 0. The molecule has 2 aromatic heterocycles. The maximum atomic E-state index is 6.16. The van der Waals surface area contributed by atoms with Gasteiger partial charge in [0.2, 0.25) is 0 Å². The van der Waals surface area contributed by atoms with Crippen LogP contribution in [0.3, 0.4) is 0 Å². The van der Waals surface area contributed by atoms with Crippen LogP contribution in [0.4, 0.5) is 5.82 Å². The molecule has 0 spiro atoms. The minimum absolute atomic E-state index is 0.626. The van der Waals surface area contributed by atoms with Crippen LogP contribution in [0.5, 0.6) is 5.75 Å². The average Bonchev–Trinajstić information content (AvgIpc) is 3.03. The van der Waals surface area contributed by atoms with E-state index in [4.69, 9.17) is 10.5 Å². The fourth-order valence-electron chi connectivity index (χ4n) is 2.76. The molecule has 0 saturated heterocycles. The molecule has 3 aromatic rings. The second kappa shape index (κ2) is 6.05. The van der Waals surface area contributed by atoms with Gasteiger partial charge in [0, 0.05) is 24.3 Å². The van der Waals surface area contributed by atoms with Crippen LogP contribution in [0.2, 0.25) is 0 Å². The molecule has 0 aliphatic heterocycles. The summed E-state index contributed by atoms with van der Waals surface area (Å²) in [6.45, 7) is 3.03. The standard InChI is InChI=1S/C17H20N4O/c1-12-14(4-3-8-21-9-7-19-11-21)17(18)20-16-6-5-13(22-2)10-15(12)16/h5-7,9-11H,3-4,8H2,1-2H3,(H2,18,20). The van der Waals surface area contributed by atoms with E-state index in [9.17, 15) is 0 Å². The zero-order valence-corrected chi connectivity index (χ0v) is 12.9. The van der Waals surface area contributed by atoms with E-state index in [0.717, 1.165) is 41.6 Å². The summed E-state index contributed by atoms with van der Waals surface area (Å²) in [6.07, 6.45) is 7.50. The van der Waals surface area contributed by atoms with Gasteiger partial charge in [-0.25, -0.2) is 9.97 Å². The minimum Gasteiger partial charge on any atom is -0.497 e. The summed E-state index contributed by atoms with van der Waals surface area (Å²) in [7, 11) is 1.67. The molecule has 1 aromatic carbocycles. The van der Waals surface area contributed by atoms with Crippen LogP contribution in [-0.2, 0) is 13.0 Å². The van der Waals surface area contributed by atoms with Gasteiger partial charge in [-0.2, -0.15) is 0 Å². The van der Waals surface area contributed by atoms with Crippen LogP contribution >= 0.6 is 0 Å². The first-order valence-electron chi connectivity index (χ1n) is 7.37. The van der Waals surface area contributed by atoms with Gasteiger partial charge in [-0.3, -0.25) is 0 Å². The van der Waals surface area contributed by atoms with Crippen molar-refractivity contribution in [3.8, 4) is 5.75 Å². The average molecular weight is 296 g/mol. The maximum Gasteiger partial charge on any atom is 0.127 e. The summed E-state index contributed by atoms with van der Waals surface area (Å²) in [5, 5.41) is 1.10. The highest BCUT2D eigenvalue weighted by molar-refractivity contribution is 5.86. The Morgan fingerprint density at radius 1 is 1.32 bits per heavy atom. The number of rotatable bonds is 5. The number of nitrogens with zero attached hydrogens (tertiary/aromatic N) is 3. The molecule has 0 atom stereocenters. The second-order valence-electron chi connectivity index (χ2n) is 5.39. The van der Waals surface area contributed by atoms with Gasteiger partial charge >= 0.3 is 0 Å². The Bertz CT molecular complexity index is 781. The monoisotopic (exact) mass is 296 g/mol. The summed E-state index contributed by atoms with van der Waals surface area (Å²) in [5.41, 5.74) is 9.38. The molecule has 114 valence electrons. The van der Waals surface area contributed by atoms with E-state index < -0.39 is 0 Å². The molecule has 0 bridgehead atoms. The Labute approximate surface area is 129 Å². The first-order valence-corrected chi connectivity index (χ1v) is 7.37. The molecule has 0 unspecified atom stereocenters. The van der Waals surface area contributed by atoms with Gasteiger partial charge in [0.15, 0.2) is 0 Å². The molecule has 0 fully saturated rings. The summed E-state index contributed by atoms with van der Waals surface area (Å²) in [4.78, 5) is 8.59. The Balaban J connectivity index is 1.87. The molecule has 2 N–H and O–H groups in total. The third kappa shape index (κ3) is 2.74. The Hall–Kier alpha value is -2.56. The number of fused-ring (bicyclic) bond motifs is 1. The number of aryl methyl sites for hydroxylation is 2. The van der Waals surface area contributed by atoms with Gasteiger partial charge in [0.05, 0.1) is 19.0 Å². The van der Waals surface area contributed by atoms with Gasteiger partial charge in [0.25, 0.3) is 0 Å². The van der Waals surface area contributed by atoms with Crippen molar-refractivity contribution in [2.24, 2.45) is 0 Å². The van der Waals surface area contributed by atoms with E-state index in [2.05, 4.69) is 21.5 Å². The number of hydrogen-bond acceptors (Lipinski definition) is 4. The maximum absolute atomic E-state index is 6.16. The predicted molar refractivity (Wildman–Crippen MR) is 88.0 cm³/mol. The molecule has 22 heavy (non-hydrogen) atoms. The number of nitrogen functional groups attached to an aromatic ring is 1. The molecule has 0 amide bonds. The van der Waals surface area contributed by atoms with Crippen LogP contribution in [0.25, 0.3) is 10.9 Å². The molecule has 0 aliphatic carbocycles. The number of methoxy groups -OCH3 is 1. The van der Waals surface area contributed by atoms with Crippen LogP contribution in [0, 0.1) is 6.92 Å². The van der Waals surface area contributed by atoms with E-state index in [1.165, 1.54) is 5.56 Å². The molecule has 0 saturated carbocycles. The minimum atomic E-state index is 0.626. The molecule has 5 nitrogen and oxygen atoms in total. The first kappa shape index (κ1) is 14.4. The molecule has 0 aliphatic rings. The van der Waals surface area contributed by atoms with Crippen molar-refractivity contribution in [2.45, 2.75) is 26.3 Å². The lowest BCUT2D eigenvalue weighted by atomic mass is 10.00. The van der Waals surface area contributed by atoms with Gasteiger partial charge in [-0.05, 0) is 49.1 Å². The number of aromatic nitrogens is 3. The third-order valence-electron chi connectivity index (χ3n) is 4.01. The fraction of sp³-hybridized carbons (Fsp3) is 0.294. The topological polar surface area (TPSA) is 66.0 Å². The van der Waals surface area contributed by atoms with Crippen LogP contribution < -0.4 is 10.5 Å². The van der Waals surface area contributed by atoms with Crippen molar-refractivity contribution in [1.82, 2.24) is 14.5 Å². The number of benzene rings is 1. The first-order chi connectivity index (χ1) is 10.7. The normalized spacial score (nSPS) is 11.0. The Morgan fingerprint density at radius 2 is 2.18 bits per heavy atom. The van der Waals surface area contributed by atoms with Crippen LogP contribution in [-0.4, -0.2) is 21.6 Å². The molecular weight excluding hydrogens is 276 g/mol. The highest BCUT2D eigenvalue weighted by Crippen LogP contribution is 2.28. The van der Waals surface area contributed by atoms with E-state index in [1.807, 2.05) is 30.7 Å². The molecular formula is C17H20N4O. The summed E-state index contributed by atoms with van der Waals surface area (Å²) < 4.78 is 7.38. The second-order valence-corrected chi connectivity index (χ2v) is 5.39. The van der Waals surface area contributed by atoms with Crippen molar-refractivity contribution in [3.05, 3.63) is 48.0 Å². The highest BCUT2D eigenvalue weighted by Gasteiger charge is 2.10. The number of imidazole rings is 1. The van der Waals surface area contributed by atoms with Crippen LogP contribution in [0.1, 0.15) is 17.5 Å². The van der Waals surface area contributed by atoms with E-state index in [1.54, 1.807) is 13.3 Å². The zero-order valence-electron chi connectivity index (χ0n) is 12.9. The van der Waals surface area contributed by atoms with Crippen molar-refractivity contribution >= 4 is 16.7 Å². The third-order valence-corrected chi connectivity index (χ3v) is 4.01. The zero-order chi connectivity index (χ0) is 15.5. The van der Waals surface area contributed by atoms with Crippen molar-refractivity contribution in [1.29, 1.82) is 0 Å². The van der Waals surface area contributed by atoms with E-state index in [0.29, 0.717) is 5.82 Å². The Kier molecular flexibility index (Phi) is 3.96. The molecule has 3 rings (SSSR count). The summed E-state index contributed by atoms with van der Waals surface area (Å²) in [5.74, 6) is 1.47. The SMILES string of the molecule is COc1ccc2nc(N)c(CCCn3ccnc3)c(C)c2c1. The lowest BCUT2D eigenvalue weighted by molar-refractivity contribution is 0.415. The Morgan fingerprint density at radius 3 is 2.91 bits per heavy atom. The number of hydrogen-bond donors (Lipinski definition) is 1. The molecule has 2 heterocycles. The predicted octanol–water partition coefficient (Wildman–Crippen LogP) is 2.96. The highest BCUT2D eigenvalue weighted by atomic mass is 16.5. The van der Waals surface area contributed by atoms with Gasteiger partial charge in [0.1, 0.15) is 11.6 Å². The number of ether oxygens (including phenoxy) is 1. The largest absolute Gasteiger partial charge is 0.497 e. The smallest absolute Gasteiger partial charge is 0.127 e. The van der Waals surface area contributed by atoms with Crippen molar-refractivity contribution in [3.63, 3.8) is 0 Å². The number of pyridine rings is 1. The number of nitrogens with two attached hydrogens (primary N) is 1. The lowest BCUT2D eigenvalue weighted by Crippen LogP contribution is -2.04. The van der Waals surface area contributed by atoms with E-state index in [-0.39, 0.29) is 0 Å². The van der Waals surface area contributed by atoms with Gasteiger partial charge in [-0.1, -0.05) is 0 Å².